The third kappa shape index (κ3) is 3.33. The van der Waals surface area contributed by atoms with Gasteiger partial charge in [-0.2, -0.15) is 0 Å². The van der Waals surface area contributed by atoms with Crippen molar-refractivity contribution in [3.63, 3.8) is 0 Å². The highest BCUT2D eigenvalue weighted by Gasteiger charge is 2.21. The first-order chi connectivity index (χ1) is 8.51. The van der Waals surface area contributed by atoms with Gasteiger partial charge in [-0.05, 0) is 56.0 Å². The number of hydrogen-bond acceptors (Lipinski definition) is 3. The molecule has 0 aliphatic carbocycles. The van der Waals surface area contributed by atoms with Gasteiger partial charge in [0, 0.05) is 13.0 Å². The second-order valence-corrected chi connectivity index (χ2v) is 4.56. The van der Waals surface area contributed by atoms with Gasteiger partial charge in [-0.1, -0.05) is 6.92 Å². The Morgan fingerprint density at radius 2 is 1.83 bits per heavy atom. The van der Waals surface area contributed by atoms with Crippen molar-refractivity contribution in [2.45, 2.75) is 46.6 Å². The van der Waals surface area contributed by atoms with Crippen LogP contribution in [0.5, 0.6) is 5.75 Å². The average Bonchev–Trinajstić information content (AvgIpc) is 2.32. The smallest absolute Gasteiger partial charge is 0.166 e. The lowest BCUT2D eigenvalue weighted by atomic mass is 9.98. The van der Waals surface area contributed by atoms with E-state index in [9.17, 15) is 9.90 Å². The summed E-state index contributed by atoms with van der Waals surface area (Å²) in [4.78, 5) is 12.1. The van der Waals surface area contributed by atoms with Gasteiger partial charge in [0.1, 0.15) is 11.9 Å². The molecule has 100 valence electrons. The van der Waals surface area contributed by atoms with E-state index < -0.39 is 6.10 Å². The van der Waals surface area contributed by atoms with Crippen LogP contribution < -0.4 is 0 Å². The molecule has 1 aromatic carbocycles. The van der Waals surface area contributed by atoms with Crippen molar-refractivity contribution in [2.75, 3.05) is 6.61 Å². The summed E-state index contributed by atoms with van der Waals surface area (Å²) in [5.41, 5.74) is 2.39. The number of aryl methyl sites for hydroxylation is 2. The first-order valence-corrected chi connectivity index (χ1v) is 6.45. The number of phenols is 1. The molecule has 0 aliphatic rings. The molecule has 1 atom stereocenters. The van der Waals surface area contributed by atoms with Crippen LogP contribution in [0.1, 0.15) is 49.5 Å². The molecule has 1 unspecified atom stereocenters. The van der Waals surface area contributed by atoms with Crippen molar-refractivity contribution < 1.29 is 14.6 Å². The summed E-state index contributed by atoms with van der Waals surface area (Å²) in [7, 11) is 0. The van der Waals surface area contributed by atoms with Crippen molar-refractivity contribution in [1.82, 2.24) is 0 Å². The number of carbonyl (C=O) groups excluding carboxylic acids is 1. The van der Waals surface area contributed by atoms with Gasteiger partial charge >= 0.3 is 0 Å². The van der Waals surface area contributed by atoms with Gasteiger partial charge < -0.3 is 9.84 Å². The first kappa shape index (κ1) is 14.7. The molecule has 0 saturated heterocycles. The lowest BCUT2D eigenvalue weighted by Crippen LogP contribution is -2.16. The van der Waals surface area contributed by atoms with E-state index in [0.717, 1.165) is 23.1 Å². The van der Waals surface area contributed by atoms with Crippen LogP contribution in [0.25, 0.3) is 0 Å². The minimum atomic E-state index is -0.507. The van der Waals surface area contributed by atoms with Gasteiger partial charge in [-0.25, -0.2) is 0 Å². The van der Waals surface area contributed by atoms with E-state index in [-0.39, 0.29) is 11.5 Å². The molecule has 18 heavy (non-hydrogen) atoms. The van der Waals surface area contributed by atoms with Gasteiger partial charge in [0.25, 0.3) is 0 Å². The maximum atomic E-state index is 12.1. The van der Waals surface area contributed by atoms with Crippen molar-refractivity contribution in [2.24, 2.45) is 0 Å². The van der Waals surface area contributed by atoms with Crippen LogP contribution >= 0.6 is 0 Å². The van der Waals surface area contributed by atoms with Crippen LogP contribution in [0.15, 0.2) is 12.1 Å². The molecule has 3 nitrogen and oxygen atoms in total. The van der Waals surface area contributed by atoms with Crippen molar-refractivity contribution in [1.29, 1.82) is 0 Å². The Bertz CT molecular complexity index is 401. The fourth-order valence-corrected chi connectivity index (χ4v) is 2.06. The number of ketones is 1. The van der Waals surface area contributed by atoms with Crippen LogP contribution in [0, 0.1) is 13.8 Å². The monoisotopic (exact) mass is 250 g/mol. The fourth-order valence-electron chi connectivity index (χ4n) is 2.06. The molecule has 1 aromatic rings. The van der Waals surface area contributed by atoms with Crippen LogP contribution in [-0.2, 0) is 9.53 Å². The Labute approximate surface area is 109 Å². The number of rotatable bonds is 6. The summed E-state index contributed by atoms with van der Waals surface area (Å²) < 4.78 is 5.56. The number of hydrogen-bond donors (Lipinski definition) is 1. The number of ether oxygens (including phenoxy) is 1. The van der Waals surface area contributed by atoms with Gasteiger partial charge in [-0.3, -0.25) is 4.79 Å². The fraction of sp³-hybridized carbons (Fsp3) is 0.533. The highest BCUT2D eigenvalue weighted by atomic mass is 16.5. The third-order valence-electron chi connectivity index (χ3n) is 2.94. The zero-order valence-corrected chi connectivity index (χ0v) is 11.6. The highest BCUT2D eigenvalue weighted by Crippen LogP contribution is 2.29. The van der Waals surface area contributed by atoms with Crippen molar-refractivity contribution in [3.8, 4) is 5.75 Å². The molecular weight excluding hydrogens is 228 g/mol. The summed E-state index contributed by atoms with van der Waals surface area (Å²) in [5, 5.41) is 9.76. The molecular formula is C15H22O3. The zero-order chi connectivity index (χ0) is 13.7. The molecule has 0 heterocycles. The largest absolute Gasteiger partial charge is 0.507 e. The lowest BCUT2D eigenvalue weighted by Gasteiger charge is -2.18. The van der Waals surface area contributed by atoms with E-state index in [2.05, 4.69) is 0 Å². The van der Waals surface area contributed by atoms with E-state index in [4.69, 9.17) is 4.74 Å². The van der Waals surface area contributed by atoms with E-state index in [1.165, 1.54) is 0 Å². The Hall–Kier alpha value is -1.35. The van der Waals surface area contributed by atoms with E-state index in [0.29, 0.717) is 13.0 Å². The normalized spacial score (nSPS) is 12.4. The van der Waals surface area contributed by atoms with Crippen LogP contribution in [0.4, 0.5) is 0 Å². The Kier molecular flexibility index (Phi) is 5.35. The summed E-state index contributed by atoms with van der Waals surface area (Å²) in [6.07, 6.45) is 0.829. The second-order valence-electron chi connectivity index (χ2n) is 4.56. The van der Waals surface area contributed by atoms with E-state index in [1.807, 2.05) is 39.8 Å². The van der Waals surface area contributed by atoms with Crippen molar-refractivity contribution in [3.05, 3.63) is 28.8 Å². The van der Waals surface area contributed by atoms with E-state index in [1.54, 1.807) is 0 Å². The Morgan fingerprint density at radius 3 is 2.28 bits per heavy atom. The van der Waals surface area contributed by atoms with Gasteiger partial charge in [-0.15, -0.1) is 0 Å². The molecule has 1 N–H and O–H groups in total. The van der Waals surface area contributed by atoms with E-state index >= 15 is 0 Å². The Balaban J connectivity index is 3.09. The Morgan fingerprint density at radius 1 is 1.28 bits per heavy atom. The van der Waals surface area contributed by atoms with Crippen molar-refractivity contribution >= 4 is 5.78 Å². The summed E-state index contributed by atoms with van der Waals surface area (Å²) in [6, 6.07) is 3.66. The standard InChI is InChI=1S/C15H22O3/c1-5-7-13(16)15(18-6-2)12-8-10(3)14(17)11(4)9-12/h8-9,15,17H,5-7H2,1-4H3. The summed E-state index contributed by atoms with van der Waals surface area (Å²) >= 11 is 0. The minimum absolute atomic E-state index is 0.101. The predicted molar refractivity (Wildman–Crippen MR) is 71.9 cm³/mol. The predicted octanol–water partition coefficient (Wildman–Crippen LogP) is 3.46. The number of carbonyl (C=O) groups is 1. The highest BCUT2D eigenvalue weighted by molar-refractivity contribution is 5.84. The quantitative estimate of drug-likeness (QED) is 0.841. The summed E-state index contributed by atoms with van der Waals surface area (Å²) in [6.45, 7) is 8.03. The third-order valence-corrected chi connectivity index (χ3v) is 2.94. The zero-order valence-electron chi connectivity index (χ0n) is 11.6. The maximum absolute atomic E-state index is 12.1. The molecule has 0 saturated carbocycles. The molecule has 0 fully saturated rings. The molecule has 3 heteroatoms. The SMILES string of the molecule is CCCC(=O)C(OCC)c1cc(C)c(O)c(C)c1. The van der Waals surface area contributed by atoms with Gasteiger partial charge in [0.15, 0.2) is 5.78 Å². The molecule has 0 radical (unpaired) electrons. The summed E-state index contributed by atoms with van der Waals surface area (Å²) in [5.74, 6) is 0.390. The second kappa shape index (κ2) is 6.55. The van der Waals surface area contributed by atoms with Crippen LogP contribution in [0.3, 0.4) is 0 Å². The number of benzene rings is 1. The first-order valence-electron chi connectivity index (χ1n) is 6.45. The molecule has 0 aliphatic heterocycles. The molecule has 1 rings (SSSR count). The van der Waals surface area contributed by atoms with Gasteiger partial charge in [0.2, 0.25) is 0 Å². The number of Topliss-reactive ketones (excluding diaryl/α,β-unsaturated/α-hetero) is 1. The maximum Gasteiger partial charge on any atom is 0.166 e. The van der Waals surface area contributed by atoms with Crippen LogP contribution in [0.2, 0.25) is 0 Å². The average molecular weight is 250 g/mol. The number of aromatic hydroxyl groups is 1. The molecule has 0 bridgehead atoms. The minimum Gasteiger partial charge on any atom is -0.507 e. The molecule has 0 spiro atoms. The topological polar surface area (TPSA) is 46.5 Å². The lowest BCUT2D eigenvalue weighted by molar-refractivity contribution is -0.130. The molecule has 0 amide bonds. The van der Waals surface area contributed by atoms with Crippen LogP contribution in [-0.4, -0.2) is 17.5 Å². The number of phenolic OH excluding ortho intramolecular Hbond substituents is 1. The molecule has 0 aromatic heterocycles. The van der Waals surface area contributed by atoms with Gasteiger partial charge in [0.05, 0.1) is 0 Å².